The van der Waals surface area contributed by atoms with Crippen LogP contribution in [-0.4, -0.2) is 31.3 Å². The molecule has 2 unspecified atom stereocenters. The van der Waals surface area contributed by atoms with E-state index in [1.54, 1.807) is 12.1 Å². The van der Waals surface area contributed by atoms with Crippen LogP contribution in [0.5, 0.6) is 5.75 Å². The Morgan fingerprint density at radius 1 is 1.13 bits per heavy atom. The number of nitriles is 1. The smallest absolute Gasteiger partial charge is 0.175 e. The average molecular weight is 306 g/mol. The standard InChI is InChI=1S/C19H18N2O2/c1-21(2)12-16-18(22)15-5-3-4-6-17(15)23-19(16)14-9-7-13(11-20)8-10-14/h3-10,16,19H,12H2,1-2H3. The molecular weight excluding hydrogens is 288 g/mol. The Labute approximate surface area is 135 Å². The molecule has 1 aliphatic heterocycles. The summed E-state index contributed by atoms with van der Waals surface area (Å²) in [6.07, 6.45) is -0.340. The third-order valence-electron chi connectivity index (χ3n) is 4.04. The van der Waals surface area contributed by atoms with Gasteiger partial charge in [0.2, 0.25) is 0 Å². The Bertz CT molecular complexity index is 760. The van der Waals surface area contributed by atoms with Crippen LogP contribution >= 0.6 is 0 Å². The summed E-state index contributed by atoms with van der Waals surface area (Å²) in [5.41, 5.74) is 2.16. The molecule has 0 bridgehead atoms. The van der Waals surface area contributed by atoms with Gasteiger partial charge in [-0.25, -0.2) is 0 Å². The maximum Gasteiger partial charge on any atom is 0.175 e. The van der Waals surface area contributed by atoms with Gasteiger partial charge in [0.05, 0.1) is 23.1 Å². The third kappa shape index (κ3) is 2.96. The zero-order chi connectivity index (χ0) is 16.4. The molecule has 2 atom stereocenters. The number of Topliss-reactive ketones (excluding diaryl/α,β-unsaturated/α-hetero) is 1. The molecule has 2 aromatic carbocycles. The second-order valence-corrected chi connectivity index (χ2v) is 6.00. The number of carbonyl (C=O) groups excluding carboxylic acids is 1. The van der Waals surface area contributed by atoms with Crippen molar-refractivity contribution in [1.82, 2.24) is 4.90 Å². The summed E-state index contributed by atoms with van der Waals surface area (Å²) in [5, 5.41) is 8.94. The molecule has 1 heterocycles. The lowest BCUT2D eigenvalue weighted by atomic mass is 9.85. The maximum atomic E-state index is 12.9. The minimum Gasteiger partial charge on any atom is -0.484 e. The molecule has 2 aromatic rings. The minimum atomic E-state index is -0.340. The highest BCUT2D eigenvalue weighted by Gasteiger charge is 2.38. The van der Waals surface area contributed by atoms with Crippen molar-refractivity contribution in [3.63, 3.8) is 0 Å². The summed E-state index contributed by atoms with van der Waals surface area (Å²) in [6.45, 7) is 0.609. The molecule has 0 aliphatic carbocycles. The summed E-state index contributed by atoms with van der Waals surface area (Å²) in [4.78, 5) is 14.9. The summed E-state index contributed by atoms with van der Waals surface area (Å²) in [6, 6.07) is 16.7. The zero-order valence-electron chi connectivity index (χ0n) is 13.2. The normalized spacial score (nSPS) is 19.8. The van der Waals surface area contributed by atoms with Crippen molar-refractivity contribution in [2.45, 2.75) is 6.10 Å². The summed E-state index contributed by atoms with van der Waals surface area (Å²) >= 11 is 0. The monoisotopic (exact) mass is 306 g/mol. The topological polar surface area (TPSA) is 53.3 Å². The number of para-hydroxylation sites is 1. The van der Waals surface area contributed by atoms with Gasteiger partial charge in [-0.05, 0) is 43.9 Å². The van der Waals surface area contributed by atoms with Gasteiger partial charge in [0.1, 0.15) is 11.9 Å². The van der Waals surface area contributed by atoms with E-state index in [4.69, 9.17) is 10.00 Å². The molecule has 0 aromatic heterocycles. The van der Waals surface area contributed by atoms with E-state index < -0.39 is 0 Å². The summed E-state index contributed by atoms with van der Waals surface area (Å²) in [5.74, 6) is 0.463. The highest BCUT2D eigenvalue weighted by atomic mass is 16.5. The number of ketones is 1. The number of ether oxygens (including phenoxy) is 1. The lowest BCUT2D eigenvalue weighted by Gasteiger charge is -2.34. The van der Waals surface area contributed by atoms with Crippen LogP contribution in [0, 0.1) is 17.2 Å². The predicted octanol–water partition coefficient (Wildman–Crippen LogP) is 3.05. The van der Waals surface area contributed by atoms with E-state index in [-0.39, 0.29) is 17.8 Å². The molecule has 4 heteroatoms. The first-order valence-electron chi connectivity index (χ1n) is 7.55. The molecule has 0 amide bonds. The van der Waals surface area contributed by atoms with Crippen LogP contribution in [0.2, 0.25) is 0 Å². The van der Waals surface area contributed by atoms with Crippen molar-refractivity contribution in [3.8, 4) is 11.8 Å². The van der Waals surface area contributed by atoms with Crippen molar-refractivity contribution in [2.75, 3.05) is 20.6 Å². The molecule has 23 heavy (non-hydrogen) atoms. The number of carbonyl (C=O) groups is 1. The number of nitrogens with zero attached hydrogens (tertiary/aromatic N) is 2. The van der Waals surface area contributed by atoms with Crippen molar-refractivity contribution < 1.29 is 9.53 Å². The second kappa shape index (κ2) is 6.23. The van der Waals surface area contributed by atoms with Crippen LogP contribution in [0.25, 0.3) is 0 Å². The molecule has 0 saturated heterocycles. The molecule has 1 aliphatic rings. The van der Waals surface area contributed by atoms with E-state index in [1.807, 2.05) is 55.4 Å². The van der Waals surface area contributed by atoms with E-state index in [0.717, 1.165) is 5.56 Å². The first kappa shape index (κ1) is 15.3. The Kier molecular flexibility index (Phi) is 4.14. The van der Waals surface area contributed by atoms with E-state index in [1.165, 1.54) is 0 Å². The second-order valence-electron chi connectivity index (χ2n) is 6.00. The molecule has 0 N–H and O–H groups in total. The van der Waals surface area contributed by atoms with Gasteiger partial charge in [0.25, 0.3) is 0 Å². The number of benzene rings is 2. The van der Waals surface area contributed by atoms with Gasteiger partial charge in [-0.1, -0.05) is 24.3 Å². The molecule has 4 nitrogen and oxygen atoms in total. The Balaban J connectivity index is 2.02. The van der Waals surface area contributed by atoms with Crippen LogP contribution in [0.1, 0.15) is 27.6 Å². The largest absolute Gasteiger partial charge is 0.484 e. The zero-order valence-corrected chi connectivity index (χ0v) is 13.2. The van der Waals surface area contributed by atoms with Crippen LogP contribution in [-0.2, 0) is 0 Å². The van der Waals surface area contributed by atoms with Crippen LogP contribution < -0.4 is 4.74 Å². The Hall–Kier alpha value is -2.64. The van der Waals surface area contributed by atoms with E-state index in [0.29, 0.717) is 23.4 Å². The molecule has 116 valence electrons. The van der Waals surface area contributed by atoms with Crippen LogP contribution in [0.4, 0.5) is 0 Å². The van der Waals surface area contributed by atoms with Gasteiger partial charge in [-0.15, -0.1) is 0 Å². The van der Waals surface area contributed by atoms with E-state index in [9.17, 15) is 4.79 Å². The third-order valence-corrected chi connectivity index (χ3v) is 4.04. The first-order valence-corrected chi connectivity index (χ1v) is 7.55. The van der Waals surface area contributed by atoms with Crippen LogP contribution in [0.3, 0.4) is 0 Å². The van der Waals surface area contributed by atoms with Gasteiger partial charge >= 0.3 is 0 Å². The summed E-state index contributed by atoms with van der Waals surface area (Å²) < 4.78 is 6.15. The van der Waals surface area contributed by atoms with Gasteiger partial charge in [0.15, 0.2) is 5.78 Å². The van der Waals surface area contributed by atoms with Gasteiger partial charge < -0.3 is 9.64 Å². The lowest BCUT2D eigenvalue weighted by molar-refractivity contribution is 0.0594. The highest BCUT2D eigenvalue weighted by Crippen LogP contribution is 2.38. The number of hydrogen-bond acceptors (Lipinski definition) is 4. The quantitative estimate of drug-likeness (QED) is 0.874. The van der Waals surface area contributed by atoms with Crippen molar-refractivity contribution in [1.29, 1.82) is 5.26 Å². The highest BCUT2D eigenvalue weighted by molar-refractivity contribution is 6.01. The molecule has 3 rings (SSSR count). The number of hydrogen-bond donors (Lipinski definition) is 0. The molecular formula is C19H18N2O2. The van der Waals surface area contributed by atoms with Gasteiger partial charge in [-0.3, -0.25) is 4.79 Å². The molecule has 0 saturated carbocycles. The SMILES string of the molecule is CN(C)CC1C(=O)c2ccccc2OC1c1ccc(C#N)cc1. The molecule has 0 fully saturated rings. The fourth-order valence-corrected chi connectivity index (χ4v) is 2.95. The van der Waals surface area contributed by atoms with E-state index >= 15 is 0 Å². The van der Waals surface area contributed by atoms with E-state index in [2.05, 4.69) is 6.07 Å². The van der Waals surface area contributed by atoms with Gasteiger partial charge in [0, 0.05) is 6.54 Å². The van der Waals surface area contributed by atoms with Crippen molar-refractivity contribution in [3.05, 3.63) is 65.2 Å². The fourth-order valence-electron chi connectivity index (χ4n) is 2.95. The predicted molar refractivity (Wildman–Crippen MR) is 87.3 cm³/mol. The minimum absolute atomic E-state index is 0.106. The number of fused-ring (bicyclic) bond motifs is 1. The molecule has 0 spiro atoms. The number of rotatable bonds is 3. The maximum absolute atomic E-state index is 12.9. The fraction of sp³-hybridized carbons (Fsp3) is 0.263. The lowest BCUT2D eigenvalue weighted by Crippen LogP contribution is -2.38. The van der Waals surface area contributed by atoms with Crippen LogP contribution in [0.15, 0.2) is 48.5 Å². The first-order chi connectivity index (χ1) is 11.1. The van der Waals surface area contributed by atoms with Gasteiger partial charge in [-0.2, -0.15) is 5.26 Å². The Morgan fingerprint density at radius 3 is 2.48 bits per heavy atom. The van der Waals surface area contributed by atoms with Crippen molar-refractivity contribution >= 4 is 5.78 Å². The molecule has 0 radical (unpaired) electrons. The Morgan fingerprint density at radius 2 is 1.83 bits per heavy atom. The van der Waals surface area contributed by atoms with Crippen molar-refractivity contribution in [2.24, 2.45) is 5.92 Å². The summed E-state index contributed by atoms with van der Waals surface area (Å²) in [7, 11) is 3.90. The average Bonchev–Trinajstić information content (AvgIpc) is 2.57.